The van der Waals surface area contributed by atoms with Crippen molar-refractivity contribution >= 4 is 27.6 Å². The highest BCUT2D eigenvalue weighted by molar-refractivity contribution is 7.89. The van der Waals surface area contributed by atoms with Crippen LogP contribution in [0.5, 0.6) is 5.75 Å². The Balaban J connectivity index is 1.54. The number of nitrogens with zero attached hydrogens (tertiary/aromatic N) is 1. The van der Waals surface area contributed by atoms with Crippen molar-refractivity contribution in [1.82, 2.24) is 4.31 Å². The third-order valence-electron chi connectivity index (χ3n) is 5.06. The van der Waals surface area contributed by atoms with E-state index in [1.54, 1.807) is 24.3 Å². The summed E-state index contributed by atoms with van der Waals surface area (Å²) in [4.78, 5) is 25.0. The maximum absolute atomic E-state index is 12.7. The van der Waals surface area contributed by atoms with Crippen molar-refractivity contribution in [3.63, 3.8) is 0 Å². The molecule has 34 heavy (non-hydrogen) atoms. The highest BCUT2D eigenvalue weighted by Crippen LogP contribution is 2.20. The summed E-state index contributed by atoms with van der Waals surface area (Å²) in [5.41, 5.74) is 0.690. The second-order valence-corrected chi connectivity index (χ2v) is 10.2. The Morgan fingerprint density at radius 3 is 2.21 bits per heavy atom. The molecule has 0 aliphatic carbocycles. The smallest absolute Gasteiger partial charge is 0.338 e. The number of hydrogen-bond donors (Lipinski definition) is 1. The van der Waals surface area contributed by atoms with Gasteiger partial charge in [-0.1, -0.05) is 13.8 Å². The maximum Gasteiger partial charge on any atom is 0.338 e. The Hall–Kier alpha value is -2.95. The van der Waals surface area contributed by atoms with E-state index in [9.17, 15) is 18.0 Å². The molecule has 0 spiro atoms. The van der Waals surface area contributed by atoms with Crippen LogP contribution in [-0.4, -0.2) is 63.6 Å². The van der Waals surface area contributed by atoms with Gasteiger partial charge in [0.25, 0.3) is 5.91 Å². The molecule has 1 fully saturated rings. The first-order valence-corrected chi connectivity index (χ1v) is 12.5. The van der Waals surface area contributed by atoms with Crippen molar-refractivity contribution in [2.45, 2.75) is 31.8 Å². The zero-order chi connectivity index (χ0) is 24.7. The molecular formula is C24H30N2O7S. The molecule has 10 heteroatoms. The molecule has 9 nitrogen and oxygen atoms in total. The fourth-order valence-electron chi connectivity index (χ4n) is 3.12. The summed E-state index contributed by atoms with van der Waals surface area (Å²) in [6.45, 7) is 7.44. The van der Waals surface area contributed by atoms with Crippen LogP contribution in [0.2, 0.25) is 0 Å². The summed E-state index contributed by atoms with van der Waals surface area (Å²) in [6, 6.07) is 12.4. The first-order valence-electron chi connectivity index (χ1n) is 11.1. The fraction of sp³-hybridized carbons (Fsp3) is 0.417. The summed E-state index contributed by atoms with van der Waals surface area (Å²) >= 11 is 0. The highest BCUT2D eigenvalue weighted by Gasteiger charge is 2.26. The first-order chi connectivity index (χ1) is 16.2. The van der Waals surface area contributed by atoms with E-state index in [1.807, 2.05) is 13.8 Å². The summed E-state index contributed by atoms with van der Waals surface area (Å²) < 4.78 is 42.8. The van der Waals surface area contributed by atoms with E-state index in [1.165, 1.54) is 35.5 Å². The number of ether oxygens (including phenoxy) is 3. The van der Waals surface area contributed by atoms with Gasteiger partial charge in [-0.15, -0.1) is 0 Å². The summed E-state index contributed by atoms with van der Waals surface area (Å²) in [5.74, 6) is -0.136. The van der Waals surface area contributed by atoms with Crippen molar-refractivity contribution in [2.75, 3.05) is 38.2 Å². The molecule has 2 aromatic rings. The van der Waals surface area contributed by atoms with Crippen molar-refractivity contribution in [3.8, 4) is 5.75 Å². The van der Waals surface area contributed by atoms with Gasteiger partial charge in [0.2, 0.25) is 10.0 Å². The zero-order valence-corrected chi connectivity index (χ0v) is 20.3. The lowest BCUT2D eigenvalue weighted by molar-refractivity contribution is -0.123. The Bertz CT molecular complexity index is 1080. The Morgan fingerprint density at radius 1 is 1.00 bits per heavy atom. The summed E-state index contributed by atoms with van der Waals surface area (Å²) in [5, 5.41) is 2.63. The van der Waals surface area contributed by atoms with Crippen LogP contribution in [0.3, 0.4) is 0 Å². The molecule has 0 bridgehead atoms. The van der Waals surface area contributed by atoms with Crippen LogP contribution in [0.4, 0.5) is 5.69 Å². The Kier molecular flexibility index (Phi) is 8.65. The minimum absolute atomic E-state index is 0.132. The molecular weight excluding hydrogens is 460 g/mol. The number of amides is 1. The summed E-state index contributed by atoms with van der Waals surface area (Å²) in [7, 11) is -3.62. The topological polar surface area (TPSA) is 111 Å². The molecule has 1 saturated heterocycles. The molecule has 0 unspecified atom stereocenters. The average molecular weight is 491 g/mol. The molecule has 184 valence electrons. The Labute approximate surface area is 200 Å². The number of nitrogens with one attached hydrogen (secondary N) is 1. The zero-order valence-electron chi connectivity index (χ0n) is 19.5. The van der Waals surface area contributed by atoms with Crippen LogP contribution in [0.15, 0.2) is 53.4 Å². The molecule has 1 N–H and O–H groups in total. The van der Waals surface area contributed by atoms with E-state index < -0.39 is 28.0 Å². The summed E-state index contributed by atoms with van der Waals surface area (Å²) in [6.07, 6.45) is -1.05. The van der Waals surface area contributed by atoms with Crippen LogP contribution < -0.4 is 10.1 Å². The van der Waals surface area contributed by atoms with Crippen LogP contribution >= 0.6 is 0 Å². The average Bonchev–Trinajstić information content (AvgIpc) is 2.83. The third-order valence-corrected chi connectivity index (χ3v) is 6.97. The molecule has 0 saturated carbocycles. The quantitative estimate of drug-likeness (QED) is 0.538. The standard InChI is InChI=1S/C24H30N2O7S/c1-17(2)16-32-21-8-4-19(5-9-21)24(28)33-18(3)23(27)25-20-6-10-22(11-7-20)34(29,30)26-12-14-31-15-13-26/h4-11,17-18H,12-16H2,1-3H3,(H,25,27)/t18-/m1/s1. The highest BCUT2D eigenvalue weighted by atomic mass is 32.2. The predicted octanol–water partition coefficient (Wildman–Crippen LogP) is 2.93. The molecule has 1 amide bonds. The lowest BCUT2D eigenvalue weighted by Gasteiger charge is -2.26. The van der Waals surface area contributed by atoms with Gasteiger partial charge < -0.3 is 19.5 Å². The lowest BCUT2D eigenvalue weighted by atomic mass is 10.2. The van der Waals surface area contributed by atoms with Crippen LogP contribution in [0.25, 0.3) is 0 Å². The molecule has 3 rings (SSSR count). The second kappa shape index (κ2) is 11.5. The SMILES string of the molecule is CC(C)COc1ccc(C(=O)O[C@H](C)C(=O)Nc2ccc(S(=O)(=O)N3CCOCC3)cc2)cc1. The van der Waals surface area contributed by atoms with Gasteiger partial charge in [0.05, 0.1) is 30.3 Å². The van der Waals surface area contributed by atoms with Gasteiger partial charge in [-0.3, -0.25) is 4.79 Å². The minimum atomic E-state index is -3.62. The first kappa shape index (κ1) is 25.7. The van der Waals surface area contributed by atoms with Gasteiger partial charge in [0, 0.05) is 18.8 Å². The number of anilines is 1. The van der Waals surface area contributed by atoms with Gasteiger partial charge in [-0.2, -0.15) is 4.31 Å². The molecule has 1 aliphatic rings. The van der Waals surface area contributed by atoms with Gasteiger partial charge in [-0.25, -0.2) is 13.2 Å². The predicted molar refractivity (Wildman–Crippen MR) is 126 cm³/mol. The number of benzene rings is 2. The molecule has 0 radical (unpaired) electrons. The molecule has 1 heterocycles. The van der Waals surface area contributed by atoms with E-state index in [0.717, 1.165) is 0 Å². The van der Waals surface area contributed by atoms with Crippen molar-refractivity contribution < 1.29 is 32.2 Å². The number of sulfonamides is 1. The van der Waals surface area contributed by atoms with E-state index >= 15 is 0 Å². The number of rotatable bonds is 9. The number of esters is 1. The minimum Gasteiger partial charge on any atom is -0.493 e. The fourth-order valence-corrected chi connectivity index (χ4v) is 4.53. The van der Waals surface area contributed by atoms with Gasteiger partial charge in [0.1, 0.15) is 5.75 Å². The van der Waals surface area contributed by atoms with E-state index in [0.29, 0.717) is 55.8 Å². The van der Waals surface area contributed by atoms with E-state index in [-0.39, 0.29) is 4.90 Å². The van der Waals surface area contributed by atoms with Gasteiger partial charge in [-0.05, 0) is 61.4 Å². The van der Waals surface area contributed by atoms with E-state index in [2.05, 4.69) is 5.32 Å². The van der Waals surface area contributed by atoms with Crippen LogP contribution in [0, 0.1) is 5.92 Å². The number of morpholine rings is 1. The van der Waals surface area contributed by atoms with Gasteiger partial charge >= 0.3 is 5.97 Å². The second-order valence-electron chi connectivity index (χ2n) is 8.31. The van der Waals surface area contributed by atoms with Crippen molar-refractivity contribution in [1.29, 1.82) is 0 Å². The number of hydrogen-bond acceptors (Lipinski definition) is 7. The van der Waals surface area contributed by atoms with Gasteiger partial charge in [0.15, 0.2) is 6.10 Å². The van der Waals surface area contributed by atoms with Crippen LogP contribution in [-0.2, 0) is 24.3 Å². The molecule has 2 aromatic carbocycles. The number of carbonyl (C=O) groups is 2. The van der Waals surface area contributed by atoms with Crippen LogP contribution in [0.1, 0.15) is 31.1 Å². The van der Waals surface area contributed by atoms with Crippen molar-refractivity contribution in [3.05, 3.63) is 54.1 Å². The normalized spacial score (nSPS) is 15.5. The van der Waals surface area contributed by atoms with Crippen molar-refractivity contribution in [2.24, 2.45) is 5.92 Å². The molecule has 1 atom stereocenters. The number of carbonyl (C=O) groups excluding carboxylic acids is 2. The largest absolute Gasteiger partial charge is 0.493 e. The Morgan fingerprint density at radius 2 is 1.62 bits per heavy atom. The maximum atomic E-state index is 12.7. The molecule has 0 aromatic heterocycles. The van der Waals surface area contributed by atoms with E-state index in [4.69, 9.17) is 14.2 Å². The monoisotopic (exact) mass is 490 g/mol. The third kappa shape index (κ3) is 6.78. The lowest BCUT2D eigenvalue weighted by Crippen LogP contribution is -2.40. The molecule has 1 aliphatic heterocycles.